The van der Waals surface area contributed by atoms with Crippen LogP contribution < -0.4 is 17.7 Å². The summed E-state index contributed by atoms with van der Waals surface area (Å²) >= 11 is 0. The minimum atomic E-state index is 0. The molecule has 0 saturated carbocycles. The molecule has 0 rings (SSSR count). The van der Waals surface area contributed by atoms with Crippen LogP contribution in [0.15, 0.2) is 11.6 Å². The number of rotatable bonds is 16. The maximum absolute atomic E-state index is 2.44. The summed E-state index contributed by atoms with van der Waals surface area (Å²) in [6, 6.07) is 0. The average Bonchev–Trinajstić information content (AvgIpc) is 2.46. The molecule has 0 aromatic carbocycles. The molecule has 0 heterocycles. The average molecular weight is 332 g/mol. The highest BCUT2D eigenvalue weighted by molar-refractivity contribution is 4.91. The Kier molecular flexibility index (Phi) is 23.1. The van der Waals surface area contributed by atoms with E-state index in [2.05, 4.69) is 32.2 Å². The molecule has 0 spiro atoms. The number of quaternary nitrogens is 1. The van der Waals surface area contributed by atoms with Crippen molar-refractivity contribution in [1.82, 2.24) is 0 Å². The van der Waals surface area contributed by atoms with Gasteiger partial charge in [-0.2, -0.15) is 0 Å². The van der Waals surface area contributed by atoms with Crippen LogP contribution in [0.3, 0.4) is 0 Å². The number of unbranched alkanes of at least 4 members (excludes halogenated alkanes) is 12. The van der Waals surface area contributed by atoms with E-state index in [-0.39, 0.29) is 12.4 Å². The van der Waals surface area contributed by atoms with Gasteiger partial charge in [0.2, 0.25) is 0 Å². The predicted molar refractivity (Wildman–Crippen MR) is 96.8 cm³/mol. The summed E-state index contributed by atoms with van der Waals surface area (Å²) < 4.78 is 0. The third kappa shape index (κ3) is 22.3. The molecule has 22 heavy (non-hydrogen) atoms. The third-order valence-electron chi connectivity index (χ3n) is 4.20. The number of nitrogens with two attached hydrogens (primary N) is 1. The lowest BCUT2D eigenvalue weighted by molar-refractivity contribution is -0.646. The summed E-state index contributed by atoms with van der Waals surface area (Å²) in [6.07, 6.45) is 21.2. The van der Waals surface area contributed by atoms with E-state index in [1.807, 2.05) is 0 Å². The van der Waals surface area contributed by atoms with Gasteiger partial charge >= 0.3 is 0 Å². The summed E-state index contributed by atoms with van der Waals surface area (Å²) in [6.45, 7) is 9.13. The lowest BCUT2D eigenvalue weighted by Gasteiger charge is -2.03. The Morgan fingerprint density at radius 3 is 1.50 bits per heavy atom. The maximum Gasteiger partial charge on any atom is 0.0944 e. The van der Waals surface area contributed by atoms with Gasteiger partial charge < -0.3 is 17.7 Å². The molecule has 1 nitrogen and oxygen atoms in total. The highest BCUT2D eigenvalue weighted by Gasteiger charge is 1.94. The molecule has 0 fully saturated rings. The van der Waals surface area contributed by atoms with Crippen molar-refractivity contribution >= 4 is 0 Å². The smallest absolute Gasteiger partial charge is 0.0944 e. The quantitative estimate of drug-likeness (QED) is 0.331. The highest BCUT2D eigenvalue weighted by atomic mass is 35.5. The Hall–Kier alpha value is -0.0100. The monoisotopic (exact) mass is 331 g/mol. The number of hydrogen-bond donors (Lipinski definition) is 1. The fraction of sp³-hybridized carbons (Fsp3) is 0.900. The molecule has 0 amide bonds. The fourth-order valence-corrected chi connectivity index (χ4v) is 2.74. The zero-order valence-corrected chi connectivity index (χ0v) is 16.4. The maximum atomic E-state index is 2.44. The minimum absolute atomic E-state index is 0. The van der Waals surface area contributed by atoms with Gasteiger partial charge in [-0.3, -0.25) is 0 Å². The number of halogens is 1. The van der Waals surface area contributed by atoms with E-state index < -0.39 is 0 Å². The van der Waals surface area contributed by atoms with Gasteiger partial charge in [0.05, 0.1) is 13.1 Å². The van der Waals surface area contributed by atoms with E-state index in [1.165, 1.54) is 102 Å². The first-order chi connectivity index (χ1) is 10.3. The molecule has 0 aliphatic carbocycles. The number of hydrogen-bond acceptors (Lipinski definition) is 0. The van der Waals surface area contributed by atoms with Gasteiger partial charge in [-0.15, -0.1) is 0 Å². The molecule has 0 bridgehead atoms. The van der Waals surface area contributed by atoms with Crippen LogP contribution in [-0.2, 0) is 0 Å². The van der Waals surface area contributed by atoms with Gasteiger partial charge in [0.15, 0.2) is 0 Å². The molecule has 0 saturated heterocycles. The lowest BCUT2D eigenvalue weighted by Crippen LogP contribution is -3.00. The van der Waals surface area contributed by atoms with Gasteiger partial charge in [0.25, 0.3) is 0 Å². The predicted octanol–water partition coefficient (Wildman–Crippen LogP) is 2.61. The molecule has 0 aliphatic heterocycles. The Morgan fingerprint density at radius 1 is 0.682 bits per heavy atom. The molecule has 2 heteroatoms. The Balaban J connectivity index is 0. The molecule has 0 unspecified atom stereocenters. The molecular formula is C20H42ClN. The molecular weight excluding hydrogens is 290 g/mol. The first kappa shape index (κ1) is 24.2. The summed E-state index contributed by atoms with van der Waals surface area (Å²) in [5, 5.41) is 2.44. The van der Waals surface area contributed by atoms with Crippen LogP contribution in [0.1, 0.15) is 104 Å². The van der Waals surface area contributed by atoms with E-state index in [0.29, 0.717) is 0 Å². The normalized spacial score (nSPS) is 10.3. The van der Waals surface area contributed by atoms with E-state index in [4.69, 9.17) is 0 Å². The van der Waals surface area contributed by atoms with Gasteiger partial charge in [-0.1, -0.05) is 83.1 Å². The topological polar surface area (TPSA) is 16.6 Å². The van der Waals surface area contributed by atoms with Crippen molar-refractivity contribution in [1.29, 1.82) is 0 Å². The second kappa shape index (κ2) is 21.0. The summed E-state index contributed by atoms with van der Waals surface area (Å²) in [7, 11) is 0. The molecule has 0 aromatic heterocycles. The Bertz CT molecular complexity index is 222. The second-order valence-electron chi connectivity index (χ2n) is 6.84. The van der Waals surface area contributed by atoms with E-state index in [0.717, 1.165) is 0 Å². The molecule has 0 atom stereocenters. The van der Waals surface area contributed by atoms with Crippen molar-refractivity contribution in [3.8, 4) is 0 Å². The van der Waals surface area contributed by atoms with Gasteiger partial charge in [-0.05, 0) is 32.8 Å². The van der Waals surface area contributed by atoms with Crippen molar-refractivity contribution in [2.24, 2.45) is 0 Å². The highest BCUT2D eigenvalue weighted by Crippen LogP contribution is 2.12. The number of allylic oxidation sites excluding steroid dienone is 1. The van der Waals surface area contributed by atoms with Crippen molar-refractivity contribution in [3.05, 3.63) is 11.6 Å². The van der Waals surface area contributed by atoms with E-state index >= 15 is 0 Å². The molecule has 0 aromatic rings. The lowest BCUT2D eigenvalue weighted by atomic mass is 10.0. The van der Waals surface area contributed by atoms with Crippen LogP contribution in [0.25, 0.3) is 0 Å². The minimum Gasteiger partial charge on any atom is -1.00 e. The second-order valence-corrected chi connectivity index (χ2v) is 6.84. The third-order valence-corrected chi connectivity index (χ3v) is 4.20. The van der Waals surface area contributed by atoms with Crippen molar-refractivity contribution < 1.29 is 17.7 Å². The zero-order chi connectivity index (χ0) is 15.6. The first-order valence-electron chi connectivity index (χ1n) is 9.72. The van der Waals surface area contributed by atoms with Crippen molar-refractivity contribution in [2.45, 2.75) is 104 Å². The van der Waals surface area contributed by atoms with E-state index in [9.17, 15) is 0 Å². The van der Waals surface area contributed by atoms with Gasteiger partial charge in [-0.25, -0.2) is 0 Å². The van der Waals surface area contributed by atoms with Crippen LogP contribution >= 0.6 is 0 Å². The van der Waals surface area contributed by atoms with Gasteiger partial charge in [0.1, 0.15) is 0 Å². The van der Waals surface area contributed by atoms with Crippen LogP contribution in [0, 0.1) is 0 Å². The van der Waals surface area contributed by atoms with Crippen LogP contribution in [-0.4, -0.2) is 13.1 Å². The Morgan fingerprint density at radius 2 is 1.09 bits per heavy atom. The van der Waals surface area contributed by atoms with Crippen molar-refractivity contribution in [2.75, 3.05) is 13.1 Å². The first-order valence-corrected chi connectivity index (χ1v) is 9.72. The zero-order valence-electron chi connectivity index (χ0n) is 15.6. The largest absolute Gasteiger partial charge is 1.00 e. The summed E-state index contributed by atoms with van der Waals surface area (Å²) in [4.78, 5) is 0. The SMILES string of the molecule is CCCCCCCCCCCCCCC[NH2+]CC=C(C)C.[Cl-]. The van der Waals surface area contributed by atoms with E-state index in [1.54, 1.807) is 0 Å². The van der Waals surface area contributed by atoms with Crippen LogP contribution in [0.5, 0.6) is 0 Å². The summed E-state index contributed by atoms with van der Waals surface area (Å²) in [5.41, 5.74) is 1.44. The van der Waals surface area contributed by atoms with Crippen LogP contribution in [0.4, 0.5) is 0 Å². The Labute approximate surface area is 147 Å². The van der Waals surface area contributed by atoms with Crippen molar-refractivity contribution in [3.63, 3.8) is 0 Å². The molecule has 2 N–H and O–H groups in total. The summed E-state index contributed by atoms with van der Waals surface area (Å²) in [5.74, 6) is 0. The van der Waals surface area contributed by atoms with Crippen LogP contribution in [0.2, 0.25) is 0 Å². The van der Waals surface area contributed by atoms with Gasteiger partial charge in [0, 0.05) is 0 Å². The molecule has 0 radical (unpaired) electrons. The molecule has 0 aliphatic rings. The standard InChI is InChI=1S/C20H41N.ClH/c1-4-5-6-7-8-9-10-11-12-13-14-15-16-18-21-19-17-20(2)3;/h17,21H,4-16,18-19H2,1-3H3;1H. The fourth-order valence-electron chi connectivity index (χ4n) is 2.74. The molecule has 134 valence electrons.